The Kier molecular flexibility index (Phi) is 5.48. The van der Waals surface area contributed by atoms with E-state index in [1.807, 2.05) is 48.7 Å². The maximum absolute atomic E-state index is 6.21. The smallest absolute Gasteiger partial charge is 0.157 e. The van der Waals surface area contributed by atoms with Crippen molar-refractivity contribution in [3.05, 3.63) is 89.3 Å². The average molecular weight is 398 g/mol. The Morgan fingerprint density at radius 1 is 0.846 bits per heavy atom. The van der Waals surface area contributed by atoms with Gasteiger partial charge in [-0.25, -0.2) is 9.50 Å². The number of hydrogen-bond acceptors (Lipinski definition) is 4. The maximum atomic E-state index is 6.21. The van der Waals surface area contributed by atoms with Gasteiger partial charge in [0, 0.05) is 26.9 Å². The molecule has 26 heavy (non-hydrogen) atoms. The van der Waals surface area contributed by atoms with Gasteiger partial charge in [-0.15, -0.1) is 23.5 Å². The minimum absolute atomic E-state index is 0.487. The molecule has 130 valence electrons. The Bertz CT molecular complexity index is 1000. The zero-order valence-corrected chi connectivity index (χ0v) is 16.3. The monoisotopic (exact) mass is 397 g/mol. The number of halogens is 1. The molecule has 0 saturated carbocycles. The van der Waals surface area contributed by atoms with Gasteiger partial charge in [-0.2, -0.15) is 5.10 Å². The number of imidazole rings is 1. The van der Waals surface area contributed by atoms with Crippen LogP contribution in [0.1, 0.15) is 11.3 Å². The first-order chi connectivity index (χ1) is 12.8. The van der Waals surface area contributed by atoms with Gasteiger partial charge >= 0.3 is 0 Å². The standard InChI is InChI=1S/C20H16ClN3S2/c21-19-11-15(13-25-17-7-3-1-4-8-17)20-22-16(12-24(20)23-19)14-26-18-9-5-2-6-10-18/h1-12H,13-14H2. The number of hydrogen-bond donors (Lipinski definition) is 0. The van der Waals surface area contributed by atoms with E-state index in [9.17, 15) is 0 Å². The summed E-state index contributed by atoms with van der Waals surface area (Å²) in [6, 6.07) is 22.6. The fourth-order valence-corrected chi connectivity index (χ4v) is 4.48. The zero-order valence-electron chi connectivity index (χ0n) is 13.9. The molecule has 2 aromatic heterocycles. The number of nitrogens with zero attached hydrogens (tertiary/aromatic N) is 3. The van der Waals surface area contributed by atoms with Gasteiger partial charge in [0.15, 0.2) is 5.65 Å². The SMILES string of the molecule is Clc1cc(CSc2ccccc2)c2nc(CSc3ccccc3)cn2n1. The van der Waals surface area contributed by atoms with E-state index in [1.54, 1.807) is 28.0 Å². The molecule has 0 amide bonds. The van der Waals surface area contributed by atoms with Crippen LogP contribution < -0.4 is 0 Å². The van der Waals surface area contributed by atoms with Crippen LogP contribution in [0.5, 0.6) is 0 Å². The highest BCUT2D eigenvalue weighted by molar-refractivity contribution is 7.98. The fraction of sp³-hybridized carbons (Fsp3) is 0.100. The summed E-state index contributed by atoms with van der Waals surface area (Å²) < 4.78 is 1.80. The molecule has 4 aromatic rings. The number of thioether (sulfide) groups is 2. The molecule has 0 aliphatic heterocycles. The lowest BCUT2D eigenvalue weighted by Crippen LogP contribution is -1.95. The minimum Gasteiger partial charge on any atom is -0.231 e. The largest absolute Gasteiger partial charge is 0.231 e. The van der Waals surface area contributed by atoms with Crippen LogP contribution in [0.25, 0.3) is 5.65 Å². The first-order valence-electron chi connectivity index (χ1n) is 8.17. The molecule has 0 aliphatic carbocycles. The molecule has 0 bridgehead atoms. The molecule has 2 heterocycles. The van der Waals surface area contributed by atoms with Crippen LogP contribution in [-0.4, -0.2) is 14.6 Å². The number of aromatic nitrogens is 3. The molecule has 2 aromatic carbocycles. The second-order valence-electron chi connectivity index (χ2n) is 5.70. The van der Waals surface area contributed by atoms with Crippen LogP contribution in [0.15, 0.2) is 82.7 Å². The summed E-state index contributed by atoms with van der Waals surface area (Å²) >= 11 is 9.75. The third-order valence-electron chi connectivity index (χ3n) is 3.79. The summed E-state index contributed by atoms with van der Waals surface area (Å²) in [6.45, 7) is 0. The molecule has 0 N–H and O–H groups in total. The Morgan fingerprint density at radius 3 is 2.12 bits per heavy atom. The van der Waals surface area contributed by atoms with Gasteiger partial charge in [0.1, 0.15) is 5.15 Å². The van der Waals surface area contributed by atoms with Crippen molar-refractivity contribution < 1.29 is 0 Å². The predicted molar refractivity (Wildman–Crippen MR) is 110 cm³/mol. The van der Waals surface area contributed by atoms with E-state index < -0.39 is 0 Å². The topological polar surface area (TPSA) is 30.2 Å². The Labute approximate surface area is 165 Å². The normalized spacial score (nSPS) is 11.1. The third-order valence-corrected chi connectivity index (χ3v) is 6.08. The molecule has 6 heteroatoms. The van der Waals surface area contributed by atoms with E-state index in [-0.39, 0.29) is 0 Å². The van der Waals surface area contributed by atoms with Crippen LogP contribution >= 0.6 is 35.1 Å². The quantitative estimate of drug-likeness (QED) is 0.375. The van der Waals surface area contributed by atoms with Gasteiger partial charge in [-0.3, -0.25) is 0 Å². The number of rotatable bonds is 6. The van der Waals surface area contributed by atoms with Crippen molar-refractivity contribution >= 4 is 40.8 Å². The lowest BCUT2D eigenvalue weighted by atomic mass is 10.3. The van der Waals surface area contributed by atoms with E-state index in [4.69, 9.17) is 16.6 Å². The zero-order chi connectivity index (χ0) is 17.8. The second kappa shape index (κ2) is 8.16. The van der Waals surface area contributed by atoms with Crippen molar-refractivity contribution in [2.45, 2.75) is 21.3 Å². The summed E-state index contributed by atoms with van der Waals surface area (Å²) in [5.41, 5.74) is 2.97. The Hall–Kier alpha value is -1.95. The first-order valence-corrected chi connectivity index (χ1v) is 10.5. The van der Waals surface area contributed by atoms with Crippen molar-refractivity contribution in [1.82, 2.24) is 14.6 Å². The minimum atomic E-state index is 0.487. The molecule has 3 nitrogen and oxygen atoms in total. The fourth-order valence-electron chi connectivity index (χ4n) is 2.58. The summed E-state index contributed by atoms with van der Waals surface area (Å²) in [5, 5.41) is 4.85. The van der Waals surface area contributed by atoms with E-state index in [0.717, 1.165) is 28.4 Å². The van der Waals surface area contributed by atoms with Crippen LogP contribution in [0.4, 0.5) is 0 Å². The molecular formula is C20H16ClN3S2. The van der Waals surface area contributed by atoms with Crippen LogP contribution in [0, 0.1) is 0 Å². The van der Waals surface area contributed by atoms with Crippen molar-refractivity contribution in [3.8, 4) is 0 Å². The molecule has 0 saturated heterocycles. The first kappa shape index (κ1) is 17.5. The third kappa shape index (κ3) is 4.23. The molecule has 0 unspecified atom stereocenters. The van der Waals surface area contributed by atoms with Gasteiger partial charge in [0.2, 0.25) is 0 Å². The van der Waals surface area contributed by atoms with Crippen molar-refractivity contribution in [2.75, 3.05) is 0 Å². The number of fused-ring (bicyclic) bond motifs is 1. The molecule has 0 fully saturated rings. The van der Waals surface area contributed by atoms with Gasteiger partial charge in [-0.1, -0.05) is 48.0 Å². The van der Waals surface area contributed by atoms with Crippen molar-refractivity contribution in [2.24, 2.45) is 0 Å². The van der Waals surface area contributed by atoms with Gasteiger partial charge in [0.05, 0.1) is 11.9 Å². The molecular weight excluding hydrogens is 382 g/mol. The van der Waals surface area contributed by atoms with E-state index in [2.05, 4.69) is 29.4 Å². The van der Waals surface area contributed by atoms with E-state index in [1.165, 1.54) is 9.79 Å². The highest BCUT2D eigenvalue weighted by atomic mass is 35.5. The van der Waals surface area contributed by atoms with Crippen molar-refractivity contribution in [1.29, 1.82) is 0 Å². The highest BCUT2D eigenvalue weighted by Gasteiger charge is 2.10. The van der Waals surface area contributed by atoms with Crippen LogP contribution in [0.3, 0.4) is 0 Å². The van der Waals surface area contributed by atoms with Crippen LogP contribution in [-0.2, 0) is 11.5 Å². The molecule has 0 atom stereocenters. The highest BCUT2D eigenvalue weighted by Crippen LogP contribution is 2.27. The second-order valence-corrected chi connectivity index (χ2v) is 8.18. The lowest BCUT2D eigenvalue weighted by Gasteiger charge is -2.04. The van der Waals surface area contributed by atoms with Crippen molar-refractivity contribution in [3.63, 3.8) is 0 Å². The molecule has 0 radical (unpaired) electrons. The van der Waals surface area contributed by atoms with E-state index in [0.29, 0.717) is 5.15 Å². The summed E-state index contributed by atoms with van der Waals surface area (Å²) in [7, 11) is 0. The predicted octanol–water partition coefficient (Wildman–Crippen LogP) is 5.97. The summed E-state index contributed by atoms with van der Waals surface area (Å²) in [4.78, 5) is 7.25. The van der Waals surface area contributed by atoms with Gasteiger partial charge in [-0.05, 0) is 30.3 Å². The molecule has 0 aliphatic rings. The molecule has 0 spiro atoms. The summed E-state index contributed by atoms with van der Waals surface area (Å²) in [6.07, 6.45) is 1.97. The number of benzene rings is 2. The maximum Gasteiger partial charge on any atom is 0.157 e. The average Bonchev–Trinajstić information content (AvgIpc) is 3.09. The van der Waals surface area contributed by atoms with Gasteiger partial charge < -0.3 is 0 Å². The molecule has 4 rings (SSSR count). The Morgan fingerprint density at radius 2 is 1.46 bits per heavy atom. The van der Waals surface area contributed by atoms with Gasteiger partial charge in [0.25, 0.3) is 0 Å². The van der Waals surface area contributed by atoms with Crippen LogP contribution in [0.2, 0.25) is 5.15 Å². The Balaban J connectivity index is 1.54. The van der Waals surface area contributed by atoms with E-state index >= 15 is 0 Å². The summed E-state index contributed by atoms with van der Waals surface area (Å²) in [5.74, 6) is 1.61. The lowest BCUT2D eigenvalue weighted by molar-refractivity contribution is 0.925.